The Kier molecular flexibility index (Phi) is 9.58. The SMILES string of the molecule is [2H]C([2H])(c1ccc(-c2[c-]ccc3c2oc2cccc(F)c23)nc1)C([2H])([2H])c1cc(C([2H])([2H])C([2H])([2H])c2cnc(-c3[c-]cccc3)cc2C(C)C)cc(C([2H])([2H])C([2H])([2H])c2cnc(-c3[c-]cccc3)cc2C(C)C)c1.[Ir+3]. The predicted octanol–water partition coefficient (Wildman–Crippen LogP) is 13.9. The monoisotopic (exact) mass is 1020 g/mol. The summed E-state index contributed by atoms with van der Waals surface area (Å²) in [5.74, 6) is -1.19. The zero-order valence-electron chi connectivity index (χ0n) is 46.9. The zero-order valence-corrected chi connectivity index (χ0v) is 37.3. The van der Waals surface area contributed by atoms with Crippen LogP contribution in [-0.2, 0) is 58.3 Å². The Bertz CT molecular complexity index is 3420. The van der Waals surface area contributed by atoms with E-state index >= 15 is 0 Å². The normalized spacial score (nSPS) is 15.7. The molecular weight excluding hydrogens is 954 g/mol. The van der Waals surface area contributed by atoms with Gasteiger partial charge in [-0.1, -0.05) is 87.2 Å². The molecule has 9 aromatic rings. The molecule has 314 valence electrons. The number of rotatable bonds is 14. The predicted molar refractivity (Wildman–Crippen MR) is 250 cm³/mol. The third-order valence-electron chi connectivity index (χ3n) is 10.5. The first-order chi connectivity index (χ1) is 34.8. The van der Waals surface area contributed by atoms with Crippen molar-refractivity contribution in [2.24, 2.45) is 0 Å². The second kappa shape index (κ2) is 19.5. The topological polar surface area (TPSA) is 51.8 Å². The van der Waals surface area contributed by atoms with Gasteiger partial charge in [-0.25, -0.2) is 4.39 Å². The minimum Gasteiger partial charge on any atom is -0.500 e. The number of pyridine rings is 3. The van der Waals surface area contributed by atoms with Gasteiger partial charge in [-0.2, -0.15) is 0 Å². The quantitative estimate of drug-likeness (QED) is 0.102. The molecule has 6 heteroatoms. The molecule has 5 aromatic carbocycles. The van der Waals surface area contributed by atoms with E-state index in [0.717, 1.165) is 24.4 Å². The summed E-state index contributed by atoms with van der Waals surface area (Å²) in [5, 5.41) is 0.733. The minimum atomic E-state index is -3.16. The molecule has 0 bridgehead atoms. The van der Waals surface area contributed by atoms with Crippen LogP contribution in [0.3, 0.4) is 0 Å². The number of aryl methyl sites for hydroxylation is 6. The van der Waals surface area contributed by atoms with Crippen molar-refractivity contribution in [3.8, 4) is 33.8 Å². The Morgan fingerprint density at radius 2 is 1.11 bits per heavy atom. The van der Waals surface area contributed by atoms with Crippen molar-refractivity contribution in [3.63, 3.8) is 0 Å². The first-order valence-electron chi connectivity index (χ1n) is 26.4. The number of furan rings is 1. The van der Waals surface area contributed by atoms with Crippen molar-refractivity contribution in [1.29, 1.82) is 0 Å². The van der Waals surface area contributed by atoms with E-state index in [4.69, 9.17) is 4.42 Å². The molecule has 0 spiro atoms. The van der Waals surface area contributed by atoms with Gasteiger partial charge in [0.05, 0.1) is 5.58 Å². The second-order valence-corrected chi connectivity index (χ2v) is 15.5. The largest absolute Gasteiger partial charge is 3.00 e. The van der Waals surface area contributed by atoms with Crippen LogP contribution >= 0.6 is 0 Å². The third kappa shape index (κ3) is 9.79. The molecule has 0 aliphatic rings. The van der Waals surface area contributed by atoms with E-state index in [1.54, 1.807) is 78.9 Å². The van der Waals surface area contributed by atoms with Crippen LogP contribution < -0.4 is 0 Å². The molecular formula is C57H49FIrN3O. The van der Waals surface area contributed by atoms with Crippen molar-refractivity contribution >= 4 is 21.9 Å². The molecule has 4 heterocycles. The van der Waals surface area contributed by atoms with Gasteiger partial charge >= 0.3 is 20.1 Å². The standard InChI is InChI=1S/C57H49FN3O.Ir/c1-37(2)49-32-53(43-13-7-5-8-14-43)60-35-45(49)26-23-41-29-40(30-42(31-41)24-27-46-36-61-54(33-50(46)38(3)4)44-15-9-6-10-16-44)22-21-39-25-28-52(59-34-39)47-17-11-18-48-56-51(58)19-12-20-55(56)62-57(47)48;/h5-13,15,18-20,25,28-38H,21-24,26-27H2,1-4H3;/q-3;+3/i21D2,22D2,23D2,24D2,26D2,27D2;. The van der Waals surface area contributed by atoms with E-state index in [-0.39, 0.29) is 65.3 Å². The first-order valence-corrected chi connectivity index (χ1v) is 20.4. The van der Waals surface area contributed by atoms with E-state index in [9.17, 15) is 20.8 Å². The number of benzene rings is 5. The Balaban J connectivity index is 0.00000747. The van der Waals surface area contributed by atoms with Gasteiger partial charge in [-0.3, -0.25) is 0 Å². The summed E-state index contributed by atoms with van der Waals surface area (Å²) in [6, 6.07) is 40.2. The molecule has 9 rings (SSSR count). The smallest absolute Gasteiger partial charge is 0.500 e. The summed E-state index contributed by atoms with van der Waals surface area (Å²) in [5.41, 5.74) is 1.89. The third-order valence-corrected chi connectivity index (χ3v) is 10.5. The maximum Gasteiger partial charge on any atom is 3.00 e. The summed E-state index contributed by atoms with van der Waals surface area (Å²) < 4.78 is 136. The van der Waals surface area contributed by atoms with Crippen LogP contribution in [0, 0.1) is 24.0 Å². The summed E-state index contributed by atoms with van der Waals surface area (Å²) in [6.45, 7) is 7.28. The van der Waals surface area contributed by atoms with Crippen molar-refractivity contribution in [1.82, 2.24) is 15.0 Å². The van der Waals surface area contributed by atoms with Crippen molar-refractivity contribution in [3.05, 3.63) is 208 Å². The molecule has 0 fully saturated rings. The molecule has 0 saturated carbocycles. The van der Waals surface area contributed by atoms with Gasteiger partial charge in [0.1, 0.15) is 11.4 Å². The molecule has 0 aliphatic carbocycles. The van der Waals surface area contributed by atoms with Gasteiger partial charge in [0.25, 0.3) is 0 Å². The average molecular weight is 1020 g/mol. The number of hydrogen-bond donors (Lipinski definition) is 0. The summed E-state index contributed by atoms with van der Waals surface area (Å²) >= 11 is 0. The zero-order chi connectivity index (χ0) is 53.3. The van der Waals surface area contributed by atoms with Crippen molar-refractivity contribution < 1.29 is 45.4 Å². The number of fused-ring (bicyclic) bond motifs is 3. The van der Waals surface area contributed by atoms with E-state index in [1.807, 2.05) is 27.7 Å². The fraction of sp³-hybridized carbons (Fsp3) is 0.211. The van der Waals surface area contributed by atoms with Gasteiger partial charge in [-0.05, 0) is 124 Å². The van der Waals surface area contributed by atoms with Crippen molar-refractivity contribution in [2.75, 3.05) is 0 Å². The molecule has 0 unspecified atom stereocenters. The Labute approximate surface area is 400 Å². The number of aromatic nitrogens is 3. The van der Waals surface area contributed by atoms with Crippen LogP contribution in [-0.4, -0.2) is 15.0 Å². The van der Waals surface area contributed by atoms with Crippen molar-refractivity contribution in [2.45, 2.75) is 77.8 Å². The number of hydrogen-bond acceptors (Lipinski definition) is 4. The number of nitrogens with zero attached hydrogens (tertiary/aromatic N) is 3. The second-order valence-electron chi connectivity index (χ2n) is 15.5. The Hall–Kier alpha value is -6.07. The maximum atomic E-state index is 14.9. The van der Waals surface area contributed by atoms with Crippen LogP contribution in [0.15, 0.2) is 144 Å². The van der Waals surface area contributed by atoms with Crippen LogP contribution in [0.5, 0.6) is 0 Å². The van der Waals surface area contributed by atoms with Crippen LogP contribution in [0.2, 0.25) is 0 Å². The van der Waals surface area contributed by atoms with Gasteiger partial charge < -0.3 is 19.4 Å². The first kappa shape index (κ1) is 30.9. The fourth-order valence-corrected chi connectivity index (χ4v) is 7.33. The molecule has 0 aliphatic heterocycles. The molecule has 4 aromatic heterocycles. The molecule has 0 N–H and O–H groups in total. The van der Waals surface area contributed by atoms with Gasteiger partial charge in [-0.15, -0.1) is 90.0 Å². The van der Waals surface area contributed by atoms with Crippen LogP contribution in [0.4, 0.5) is 4.39 Å². The molecule has 0 amide bonds. The number of halogens is 1. The van der Waals surface area contributed by atoms with E-state index in [0.29, 0.717) is 50.2 Å². The van der Waals surface area contributed by atoms with Gasteiger partial charge in [0, 0.05) is 40.4 Å². The van der Waals surface area contributed by atoms with E-state index in [1.165, 1.54) is 36.7 Å². The summed E-state index contributed by atoms with van der Waals surface area (Å²) in [4.78, 5) is 13.5. The van der Waals surface area contributed by atoms with E-state index < -0.39 is 60.7 Å². The summed E-state index contributed by atoms with van der Waals surface area (Å²) in [7, 11) is 0. The van der Waals surface area contributed by atoms with E-state index in [2.05, 4.69) is 33.2 Å². The average Bonchev–Trinajstić information content (AvgIpc) is 3.79. The van der Waals surface area contributed by atoms with Gasteiger partial charge in [0.15, 0.2) is 0 Å². The molecule has 0 atom stereocenters. The fourth-order valence-electron chi connectivity index (χ4n) is 7.33. The summed E-state index contributed by atoms with van der Waals surface area (Å²) in [6.07, 6.45) is -14.7. The Morgan fingerprint density at radius 3 is 1.63 bits per heavy atom. The minimum absolute atomic E-state index is 0. The molecule has 63 heavy (non-hydrogen) atoms. The Morgan fingerprint density at radius 1 is 0.556 bits per heavy atom. The maximum absolute atomic E-state index is 14.9. The molecule has 4 nitrogen and oxygen atoms in total. The molecule has 0 saturated heterocycles. The van der Waals surface area contributed by atoms with Crippen LogP contribution in [0.25, 0.3) is 55.7 Å². The van der Waals surface area contributed by atoms with Gasteiger partial charge in [0.2, 0.25) is 0 Å². The van der Waals surface area contributed by atoms with Crippen LogP contribution in [0.1, 0.15) is 100 Å². The molecule has 0 radical (unpaired) electrons.